The number of aryl methyl sites for hydroxylation is 1. The first-order chi connectivity index (χ1) is 17.4. The molecule has 2 rings (SSSR count). The molecule has 13 heteroatoms. The van der Waals surface area contributed by atoms with Gasteiger partial charge in [0.1, 0.15) is 17.7 Å². The van der Waals surface area contributed by atoms with Gasteiger partial charge in [-0.3, -0.25) is 19.8 Å². The number of nitrogens with one attached hydrogen (secondary N) is 4. The van der Waals surface area contributed by atoms with Crippen molar-refractivity contribution in [2.45, 2.75) is 39.7 Å². The largest absolute Gasteiger partial charge is 0.449 e. The number of carbonyl (C=O) groups is 4. The Kier molecular flexibility index (Phi) is 10.2. The van der Waals surface area contributed by atoms with Crippen molar-refractivity contribution in [3.05, 3.63) is 45.3 Å². The van der Waals surface area contributed by atoms with Crippen LogP contribution in [0.15, 0.2) is 27.4 Å². The molecule has 1 unspecified atom stereocenters. The molecule has 0 saturated heterocycles. The zero-order valence-corrected chi connectivity index (χ0v) is 20.9. The summed E-state index contributed by atoms with van der Waals surface area (Å²) in [5, 5.41) is 15.1. The summed E-state index contributed by atoms with van der Waals surface area (Å²) in [6.07, 6.45) is -0.362. The molecular weight excluding hydrogens is 484 g/mol. The number of hydrogen-bond acceptors (Lipinski definition) is 8. The lowest BCUT2D eigenvalue weighted by Gasteiger charge is -2.19. The van der Waals surface area contributed by atoms with Crippen LogP contribution in [-0.2, 0) is 9.53 Å². The van der Waals surface area contributed by atoms with E-state index in [1.807, 2.05) is 13.8 Å². The maximum absolute atomic E-state index is 13.4. The van der Waals surface area contributed by atoms with Crippen LogP contribution in [0, 0.1) is 18.3 Å². The molecule has 200 valence electrons. The Morgan fingerprint density at radius 1 is 1.14 bits per heavy atom. The van der Waals surface area contributed by atoms with Gasteiger partial charge in [-0.1, -0.05) is 19.9 Å². The summed E-state index contributed by atoms with van der Waals surface area (Å²) in [6.45, 7) is 5.25. The summed E-state index contributed by atoms with van der Waals surface area (Å²) in [6, 6.07) is 3.14. The molecule has 0 spiro atoms. The van der Waals surface area contributed by atoms with Gasteiger partial charge in [-0.15, -0.1) is 0 Å². The van der Waals surface area contributed by atoms with Crippen molar-refractivity contribution < 1.29 is 28.3 Å². The summed E-state index contributed by atoms with van der Waals surface area (Å²) < 4.78 is 10.2. The molecule has 0 radical (unpaired) electrons. The van der Waals surface area contributed by atoms with Crippen LogP contribution in [0.4, 0.5) is 4.79 Å². The number of ketones is 1. The van der Waals surface area contributed by atoms with Gasteiger partial charge in [-0.05, 0) is 43.4 Å². The molecule has 1 aromatic heterocycles. The first-order valence-electron chi connectivity index (χ1n) is 11.6. The third kappa shape index (κ3) is 8.33. The number of rotatable bonds is 12. The van der Waals surface area contributed by atoms with E-state index in [4.69, 9.17) is 26.0 Å². The fraction of sp³-hybridized carbons (Fsp3) is 0.417. The van der Waals surface area contributed by atoms with Crippen LogP contribution in [0.25, 0.3) is 11.0 Å². The second kappa shape index (κ2) is 13.0. The number of nitrogens with two attached hydrogens (primary N) is 2. The molecule has 8 N–H and O–H groups in total. The monoisotopic (exact) mass is 516 g/mol. The van der Waals surface area contributed by atoms with Gasteiger partial charge in [0.25, 0.3) is 0 Å². The van der Waals surface area contributed by atoms with E-state index >= 15 is 0 Å². The summed E-state index contributed by atoms with van der Waals surface area (Å²) in [7, 11) is 0. The second-order valence-corrected chi connectivity index (χ2v) is 8.78. The predicted molar refractivity (Wildman–Crippen MR) is 135 cm³/mol. The molecular formula is C24H32N6O7. The van der Waals surface area contributed by atoms with E-state index in [-0.39, 0.29) is 48.2 Å². The Balaban J connectivity index is 2.27. The smallest absolute Gasteiger partial charge is 0.407 e. The lowest BCUT2D eigenvalue weighted by Crippen LogP contribution is -2.47. The Hall–Kier alpha value is -4.42. The highest BCUT2D eigenvalue weighted by Crippen LogP contribution is 2.22. The normalized spacial score (nSPS) is 11.6. The van der Waals surface area contributed by atoms with Crippen LogP contribution >= 0.6 is 0 Å². The van der Waals surface area contributed by atoms with Gasteiger partial charge < -0.3 is 36.6 Å². The quantitative estimate of drug-likeness (QED) is 0.0759. The number of benzene rings is 1. The Morgan fingerprint density at radius 3 is 2.46 bits per heavy atom. The minimum atomic E-state index is -1.14. The molecule has 37 heavy (non-hydrogen) atoms. The van der Waals surface area contributed by atoms with Gasteiger partial charge in [0.2, 0.25) is 11.8 Å². The van der Waals surface area contributed by atoms with E-state index < -0.39 is 41.9 Å². The standard InChI is InChI=1S/C24H32N6O7/c1-12(2)11-36-24(35)29-10-18(31)30-16(5-4-8-28-23(26)27)20(32)19-13(3)15-7-6-14(21(25)33)9-17(15)37-22(19)34/h6-7,9,12,16H,4-5,8,10-11H2,1-3H3,(H2,25,33)(H,29,35)(H,30,31)(H4,26,27,28). The van der Waals surface area contributed by atoms with Gasteiger partial charge in [-0.2, -0.15) is 0 Å². The zero-order chi connectivity index (χ0) is 27.7. The van der Waals surface area contributed by atoms with Crippen LogP contribution in [0.5, 0.6) is 0 Å². The van der Waals surface area contributed by atoms with E-state index in [0.29, 0.717) is 17.4 Å². The van der Waals surface area contributed by atoms with Crippen molar-refractivity contribution in [3.63, 3.8) is 0 Å². The summed E-state index contributed by atoms with van der Waals surface area (Å²) >= 11 is 0. The highest BCUT2D eigenvalue weighted by atomic mass is 16.5. The number of ether oxygens (including phenoxy) is 1. The molecule has 13 nitrogen and oxygen atoms in total. The number of amides is 3. The van der Waals surface area contributed by atoms with Crippen LogP contribution < -0.4 is 33.0 Å². The highest BCUT2D eigenvalue weighted by molar-refractivity contribution is 6.06. The van der Waals surface area contributed by atoms with Crippen LogP contribution in [0.3, 0.4) is 0 Å². The molecule has 0 aliphatic heterocycles. The lowest BCUT2D eigenvalue weighted by molar-refractivity contribution is -0.120. The Morgan fingerprint density at radius 2 is 1.84 bits per heavy atom. The van der Waals surface area contributed by atoms with Crippen molar-refractivity contribution in [1.82, 2.24) is 16.0 Å². The second-order valence-electron chi connectivity index (χ2n) is 8.78. The van der Waals surface area contributed by atoms with E-state index in [0.717, 1.165) is 0 Å². The summed E-state index contributed by atoms with van der Waals surface area (Å²) in [5.74, 6) is -2.20. The van der Waals surface area contributed by atoms with Gasteiger partial charge in [-0.25, -0.2) is 9.59 Å². The van der Waals surface area contributed by atoms with Crippen molar-refractivity contribution in [3.8, 4) is 0 Å². The van der Waals surface area contributed by atoms with Gasteiger partial charge >= 0.3 is 11.7 Å². The number of guanidine groups is 1. The average Bonchev–Trinajstić information content (AvgIpc) is 2.82. The molecule has 1 aromatic carbocycles. The third-order valence-corrected chi connectivity index (χ3v) is 5.28. The van der Waals surface area contributed by atoms with Crippen molar-refractivity contribution in [1.29, 1.82) is 5.41 Å². The van der Waals surface area contributed by atoms with Gasteiger partial charge in [0.15, 0.2) is 11.7 Å². The molecule has 0 aliphatic carbocycles. The number of primary amides is 1. The predicted octanol–water partition coefficient (Wildman–Crippen LogP) is 0.513. The van der Waals surface area contributed by atoms with Crippen molar-refractivity contribution in [2.24, 2.45) is 17.4 Å². The number of carbonyl (C=O) groups excluding carboxylic acids is 4. The van der Waals surface area contributed by atoms with E-state index in [2.05, 4.69) is 16.0 Å². The highest BCUT2D eigenvalue weighted by Gasteiger charge is 2.28. The third-order valence-electron chi connectivity index (χ3n) is 5.28. The minimum Gasteiger partial charge on any atom is -0.449 e. The van der Waals surface area contributed by atoms with Crippen LogP contribution in [0.1, 0.15) is 53.0 Å². The van der Waals surface area contributed by atoms with E-state index in [9.17, 15) is 24.0 Å². The number of fused-ring (bicyclic) bond motifs is 1. The molecule has 1 atom stereocenters. The van der Waals surface area contributed by atoms with Crippen LogP contribution in [0.2, 0.25) is 0 Å². The number of alkyl carbamates (subject to hydrolysis) is 1. The fourth-order valence-corrected chi connectivity index (χ4v) is 3.46. The SMILES string of the molecule is Cc1c(C(=O)C(CCCNC(=N)N)NC(=O)CNC(=O)OCC(C)C)c(=O)oc2cc(C(N)=O)ccc12. The van der Waals surface area contributed by atoms with Gasteiger partial charge in [0.05, 0.1) is 12.6 Å². The van der Waals surface area contributed by atoms with E-state index in [1.54, 1.807) is 6.92 Å². The maximum atomic E-state index is 13.4. The average molecular weight is 517 g/mol. The molecule has 2 aromatic rings. The molecule has 0 bridgehead atoms. The summed E-state index contributed by atoms with van der Waals surface area (Å²) in [5.41, 5.74) is 9.90. The molecule has 0 saturated carbocycles. The minimum absolute atomic E-state index is 0.0886. The summed E-state index contributed by atoms with van der Waals surface area (Å²) in [4.78, 5) is 61.9. The Bertz CT molecular complexity index is 1250. The van der Waals surface area contributed by atoms with Crippen molar-refractivity contribution >= 4 is 40.6 Å². The van der Waals surface area contributed by atoms with Gasteiger partial charge in [0, 0.05) is 17.5 Å². The molecule has 0 aliphatic rings. The topological polar surface area (TPSA) is 220 Å². The van der Waals surface area contributed by atoms with Crippen LogP contribution in [-0.4, -0.2) is 55.4 Å². The first kappa shape index (κ1) is 28.8. The number of Topliss-reactive ketones (excluding diaryl/α,β-unsaturated/α-hetero) is 1. The van der Waals surface area contributed by atoms with Crippen molar-refractivity contribution in [2.75, 3.05) is 19.7 Å². The maximum Gasteiger partial charge on any atom is 0.407 e. The molecule has 0 fully saturated rings. The zero-order valence-electron chi connectivity index (χ0n) is 20.9. The first-order valence-corrected chi connectivity index (χ1v) is 11.6. The number of hydrogen-bond donors (Lipinski definition) is 6. The van der Waals surface area contributed by atoms with E-state index in [1.165, 1.54) is 18.2 Å². The lowest BCUT2D eigenvalue weighted by atomic mass is 9.95. The Labute approximate surface area is 212 Å². The molecule has 3 amide bonds. The fourth-order valence-electron chi connectivity index (χ4n) is 3.46. The molecule has 1 heterocycles.